The van der Waals surface area contributed by atoms with Crippen LogP contribution in [0.3, 0.4) is 0 Å². The van der Waals surface area contributed by atoms with Gasteiger partial charge in [-0.25, -0.2) is 0 Å². The number of benzene rings is 1. The summed E-state index contributed by atoms with van der Waals surface area (Å²) < 4.78 is 0. The van der Waals surface area contributed by atoms with Crippen LogP contribution >= 0.6 is 27.5 Å². The van der Waals surface area contributed by atoms with Crippen molar-refractivity contribution in [2.24, 2.45) is 5.41 Å². The molecule has 0 unspecified atom stereocenters. The second kappa shape index (κ2) is 4.47. The van der Waals surface area contributed by atoms with E-state index >= 15 is 0 Å². The van der Waals surface area contributed by atoms with Gasteiger partial charge in [-0.15, -0.1) is 0 Å². The highest BCUT2D eigenvalue weighted by Gasteiger charge is 2.36. The summed E-state index contributed by atoms with van der Waals surface area (Å²) >= 11 is 9.90. The van der Waals surface area contributed by atoms with E-state index in [0.717, 1.165) is 16.8 Å². The Bertz CT molecular complexity index is 350. The minimum atomic E-state index is 0.485. The molecular weight excluding hydrogens is 271 g/mol. The number of aryl methyl sites for hydroxylation is 1. The molecule has 0 aromatic heterocycles. The second-order valence-corrected chi connectivity index (χ2v) is 5.73. The number of halogens is 2. The fourth-order valence-corrected chi connectivity index (χ4v) is 3.30. The van der Waals surface area contributed by atoms with Gasteiger partial charge in [0, 0.05) is 10.4 Å². The lowest BCUT2D eigenvalue weighted by molar-refractivity contribution is 0.170. The molecule has 0 saturated heterocycles. The molecule has 0 aliphatic heterocycles. The van der Waals surface area contributed by atoms with Gasteiger partial charge in [0.1, 0.15) is 0 Å². The summed E-state index contributed by atoms with van der Waals surface area (Å²) in [4.78, 5) is 0. The highest BCUT2D eigenvalue weighted by atomic mass is 79.9. The van der Waals surface area contributed by atoms with Gasteiger partial charge in [-0.2, -0.15) is 0 Å². The van der Waals surface area contributed by atoms with Gasteiger partial charge in [0.25, 0.3) is 0 Å². The molecule has 0 nitrogen and oxygen atoms in total. The van der Waals surface area contributed by atoms with Crippen molar-refractivity contribution in [3.8, 4) is 0 Å². The first-order chi connectivity index (χ1) is 7.15. The quantitative estimate of drug-likeness (QED) is 0.703. The zero-order chi connectivity index (χ0) is 10.9. The fourth-order valence-electron chi connectivity index (χ4n) is 2.23. The van der Waals surface area contributed by atoms with Gasteiger partial charge < -0.3 is 0 Å². The lowest BCUT2D eigenvalue weighted by atomic mass is 9.67. The van der Waals surface area contributed by atoms with Gasteiger partial charge in [-0.1, -0.05) is 46.1 Å². The fraction of sp³-hybridized carbons (Fsp3) is 0.538. The minimum Gasteiger partial charge on any atom is -0.0922 e. The Morgan fingerprint density at radius 2 is 2.13 bits per heavy atom. The van der Waals surface area contributed by atoms with Gasteiger partial charge in [0.15, 0.2) is 0 Å². The van der Waals surface area contributed by atoms with Crippen molar-refractivity contribution in [3.63, 3.8) is 0 Å². The first-order valence-corrected chi connectivity index (χ1v) is 6.96. The molecular formula is C13H16BrCl. The molecule has 0 bridgehead atoms. The van der Waals surface area contributed by atoms with Crippen LogP contribution < -0.4 is 0 Å². The maximum atomic E-state index is 6.26. The van der Waals surface area contributed by atoms with E-state index in [9.17, 15) is 0 Å². The predicted octanol–water partition coefficient (Wildman–Crippen LogP) is 4.76. The molecule has 1 saturated carbocycles. The van der Waals surface area contributed by atoms with Crippen molar-refractivity contribution < 1.29 is 0 Å². The maximum Gasteiger partial charge on any atom is 0.0440 e. The third-order valence-electron chi connectivity index (χ3n) is 3.47. The van der Waals surface area contributed by atoms with Crippen LogP contribution in [0.1, 0.15) is 30.4 Å². The van der Waals surface area contributed by atoms with Crippen molar-refractivity contribution in [2.75, 3.05) is 5.33 Å². The Balaban J connectivity index is 2.16. The SMILES string of the molecule is Cc1ccc(CC2(CBr)CCC2)c(Cl)c1. The molecule has 1 fully saturated rings. The van der Waals surface area contributed by atoms with Crippen LogP contribution in [0.4, 0.5) is 0 Å². The monoisotopic (exact) mass is 286 g/mol. The average Bonchev–Trinajstić information content (AvgIpc) is 2.14. The third kappa shape index (κ3) is 2.39. The van der Waals surface area contributed by atoms with Crippen LogP contribution in [0, 0.1) is 12.3 Å². The van der Waals surface area contributed by atoms with Crippen molar-refractivity contribution in [3.05, 3.63) is 34.3 Å². The molecule has 1 aromatic rings. The number of hydrogen-bond acceptors (Lipinski definition) is 0. The van der Waals surface area contributed by atoms with Gasteiger partial charge in [-0.3, -0.25) is 0 Å². The molecule has 0 spiro atoms. The molecule has 82 valence electrons. The first kappa shape index (κ1) is 11.5. The first-order valence-electron chi connectivity index (χ1n) is 5.46. The van der Waals surface area contributed by atoms with Gasteiger partial charge >= 0.3 is 0 Å². The standard InChI is InChI=1S/C13H16BrCl/c1-10-3-4-11(12(15)7-10)8-13(9-14)5-2-6-13/h3-4,7H,2,5-6,8-9H2,1H3. The molecule has 1 aliphatic carbocycles. The van der Waals surface area contributed by atoms with Crippen LogP contribution in [-0.2, 0) is 6.42 Å². The van der Waals surface area contributed by atoms with Crippen LogP contribution in [0.15, 0.2) is 18.2 Å². The zero-order valence-corrected chi connectivity index (χ0v) is 11.4. The molecule has 0 amide bonds. The van der Waals surface area contributed by atoms with Crippen molar-refractivity contribution in [1.82, 2.24) is 0 Å². The van der Waals surface area contributed by atoms with Gasteiger partial charge in [0.05, 0.1) is 0 Å². The van der Waals surface area contributed by atoms with E-state index in [2.05, 4.69) is 41.1 Å². The van der Waals surface area contributed by atoms with Crippen LogP contribution in [-0.4, -0.2) is 5.33 Å². The number of rotatable bonds is 3. The smallest absolute Gasteiger partial charge is 0.0440 e. The summed E-state index contributed by atoms with van der Waals surface area (Å²) in [6, 6.07) is 6.40. The van der Waals surface area contributed by atoms with Crippen LogP contribution in [0.25, 0.3) is 0 Å². The molecule has 2 rings (SSSR count). The second-order valence-electron chi connectivity index (χ2n) is 4.76. The molecule has 0 radical (unpaired) electrons. The normalized spacial score (nSPS) is 18.6. The Morgan fingerprint density at radius 3 is 2.60 bits per heavy atom. The van der Waals surface area contributed by atoms with Crippen LogP contribution in [0.2, 0.25) is 5.02 Å². The van der Waals surface area contributed by atoms with Crippen molar-refractivity contribution in [2.45, 2.75) is 32.6 Å². The summed E-state index contributed by atoms with van der Waals surface area (Å²) in [7, 11) is 0. The highest BCUT2D eigenvalue weighted by molar-refractivity contribution is 9.09. The molecule has 0 heterocycles. The lowest BCUT2D eigenvalue weighted by Gasteiger charge is -2.41. The summed E-state index contributed by atoms with van der Waals surface area (Å²) in [6.45, 7) is 2.08. The van der Waals surface area contributed by atoms with E-state index in [0.29, 0.717) is 5.41 Å². The molecule has 1 aliphatic rings. The maximum absolute atomic E-state index is 6.26. The van der Waals surface area contributed by atoms with Crippen LogP contribution in [0.5, 0.6) is 0 Å². The molecule has 0 N–H and O–H groups in total. The van der Waals surface area contributed by atoms with E-state index < -0.39 is 0 Å². The van der Waals surface area contributed by atoms with Crippen molar-refractivity contribution >= 4 is 27.5 Å². The minimum absolute atomic E-state index is 0.485. The van der Waals surface area contributed by atoms with E-state index in [4.69, 9.17) is 11.6 Å². The van der Waals surface area contributed by atoms with E-state index in [1.165, 1.54) is 30.4 Å². The number of hydrogen-bond donors (Lipinski definition) is 0. The van der Waals surface area contributed by atoms with E-state index in [-0.39, 0.29) is 0 Å². The lowest BCUT2D eigenvalue weighted by Crippen LogP contribution is -2.33. The molecule has 15 heavy (non-hydrogen) atoms. The molecule has 0 atom stereocenters. The van der Waals surface area contributed by atoms with Crippen molar-refractivity contribution in [1.29, 1.82) is 0 Å². The van der Waals surface area contributed by atoms with E-state index in [1.54, 1.807) is 0 Å². The topological polar surface area (TPSA) is 0 Å². The Hall–Kier alpha value is -0.0100. The average molecular weight is 288 g/mol. The summed E-state index contributed by atoms with van der Waals surface area (Å²) in [5.41, 5.74) is 3.03. The zero-order valence-electron chi connectivity index (χ0n) is 9.02. The summed E-state index contributed by atoms with van der Waals surface area (Å²) in [5, 5.41) is 2.03. The molecule has 1 aromatic carbocycles. The van der Waals surface area contributed by atoms with E-state index in [1.807, 2.05) is 0 Å². The Morgan fingerprint density at radius 1 is 1.40 bits per heavy atom. The van der Waals surface area contributed by atoms with Gasteiger partial charge in [-0.05, 0) is 48.8 Å². The Labute approximate surface area is 105 Å². The number of alkyl halides is 1. The Kier molecular flexibility index (Phi) is 3.42. The predicted molar refractivity (Wildman–Crippen MR) is 70.0 cm³/mol. The largest absolute Gasteiger partial charge is 0.0922 e. The highest BCUT2D eigenvalue weighted by Crippen LogP contribution is 2.45. The summed E-state index contributed by atoms with van der Waals surface area (Å²) in [6.07, 6.45) is 5.16. The van der Waals surface area contributed by atoms with Gasteiger partial charge in [0.2, 0.25) is 0 Å². The third-order valence-corrected chi connectivity index (χ3v) is 5.01. The molecule has 2 heteroatoms. The summed E-state index contributed by atoms with van der Waals surface area (Å²) in [5.74, 6) is 0.